The van der Waals surface area contributed by atoms with Crippen molar-refractivity contribution in [2.24, 2.45) is 0 Å². The Bertz CT molecular complexity index is 1190. The van der Waals surface area contributed by atoms with Crippen molar-refractivity contribution in [1.29, 1.82) is 0 Å². The number of benzene rings is 3. The van der Waals surface area contributed by atoms with E-state index in [1.54, 1.807) is 64.9 Å². The van der Waals surface area contributed by atoms with Crippen LogP contribution in [0.3, 0.4) is 0 Å². The standard InChI is InChI=1S/C27H27NO6/c1-31-22-11-6-5-8-19(22)14-15-25(30)28-26-20(9-7-10-21(26)29)13-12-18-16-23(32-2)27(34-4)24(17-18)33-3/h5-17,29H,1-4H3,(H,28,30)/b13-12+,15-14+. The maximum Gasteiger partial charge on any atom is 0.248 e. The van der Waals surface area contributed by atoms with Crippen LogP contribution in [0.25, 0.3) is 18.2 Å². The molecule has 0 spiro atoms. The highest BCUT2D eigenvalue weighted by Gasteiger charge is 2.13. The summed E-state index contributed by atoms with van der Waals surface area (Å²) in [6.45, 7) is 0. The first-order chi connectivity index (χ1) is 16.5. The second kappa shape index (κ2) is 11.5. The van der Waals surface area contributed by atoms with E-state index in [0.29, 0.717) is 34.2 Å². The third-order valence-electron chi connectivity index (χ3n) is 5.02. The summed E-state index contributed by atoms with van der Waals surface area (Å²) in [5, 5.41) is 13.1. The number of methoxy groups -OCH3 is 4. The van der Waals surface area contributed by atoms with Crippen molar-refractivity contribution in [3.05, 3.63) is 77.4 Å². The summed E-state index contributed by atoms with van der Waals surface area (Å²) in [6, 6.07) is 16.0. The van der Waals surface area contributed by atoms with E-state index in [-0.39, 0.29) is 5.75 Å². The van der Waals surface area contributed by atoms with E-state index in [9.17, 15) is 9.90 Å². The molecule has 0 unspecified atom stereocenters. The molecule has 3 aromatic carbocycles. The van der Waals surface area contributed by atoms with Gasteiger partial charge in [-0.05, 0) is 35.9 Å². The molecular formula is C27H27NO6. The van der Waals surface area contributed by atoms with Crippen LogP contribution in [0.2, 0.25) is 0 Å². The van der Waals surface area contributed by atoms with Crippen molar-refractivity contribution >= 4 is 29.8 Å². The van der Waals surface area contributed by atoms with E-state index in [4.69, 9.17) is 18.9 Å². The van der Waals surface area contributed by atoms with E-state index >= 15 is 0 Å². The van der Waals surface area contributed by atoms with E-state index in [0.717, 1.165) is 11.1 Å². The minimum Gasteiger partial charge on any atom is -0.506 e. The molecule has 0 bridgehead atoms. The lowest BCUT2D eigenvalue weighted by molar-refractivity contribution is -0.111. The second-order valence-corrected chi connectivity index (χ2v) is 7.10. The Labute approximate surface area is 198 Å². The molecule has 0 heterocycles. The number of hydrogen-bond donors (Lipinski definition) is 2. The molecule has 176 valence electrons. The van der Waals surface area contributed by atoms with E-state index in [1.165, 1.54) is 12.1 Å². The number of para-hydroxylation sites is 2. The lowest BCUT2D eigenvalue weighted by Crippen LogP contribution is -2.09. The van der Waals surface area contributed by atoms with Crippen LogP contribution < -0.4 is 24.3 Å². The monoisotopic (exact) mass is 461 g/mol. The van der Waals surface area contributed by atoms with Gasteiger partial charge in [-0.1, -0.05) is 42.5 Å². The summed E-state index contributed by atoms with van der Waals surface area (Å²) in [4.78, 5) is 12.6. The van der Waals surface area contributed by atoms with Crippen molar-refractivity contribution < 1.29 is 28.8 Å². The largest absolute Gasteiger partial charge is 0.506 e. The van der Waals surface area contributed by atoms with Gasteiger partial charge in [-0.25, -0.2) is 0 Å². The molecule has 0 aliphatic rings. The Morgan fingerprint density at radius 3 is 2.06 bits per heavy atom. The fraction of sp³-hybridized carbons (Fsp3) is 0.148. The van der Waals surface area contributed by atoms with Crippen molar-refractivity contribution in [3.63, 3.8) is 0 Å². The van der Waals surface area contributed by atoms with Gasteiger partial charge in [0.05, 0.1) is 34.1 Å². The van der Waals surface area contributed by atoms with Gasteiger partial charge in [-0.3, -0.25) is 4.79 Å². The molecule has 2 N–H and O–H groups in total. The normalized spacial score (nSPS) is 10.9. The van der Waals surface area contributed by atoms with Gasteiger partial charge in [-0.15, -0.1) is 0 Å². The molecule has 0 aliphatic heterocycles. The van der Waals surface area contributed by atoms with Crippen molar-refractivity contribution in [3.8, 4) is 28.7 Å². The molecule has 0 radical (unpaired) electrons. The lowest BCUT2D eigenvalue weighted by Gasteiger charge is -2.13. The quantitative estimate of drug-likeness (QED) is 0.257. The number of phenolic OH excluding ortho intramolecular Hbond substituents is 1. The van der Waals surface area contributed by atoms with Crippen LogP contribution in [0.15, 0.2) is 60.7 Å². The Morgan fingerprint density at radius 1 is 0.765 bits per heavy atom. The predicted molar refractivity (Wildman–Crippen MR) is 134 cm³/mol. The zero-order valence-electron chi connectivity index (χ0n) is 19.5. The highest BCUT2D eigenvalue weighted by atomic mass is 16.5. The van der Waals surface area contributed by atoms with Gasteiger partial charge < -0.3 is 29.4 Å². The third-order valence-corrected chi connectivity index (χ3v) is 5.02. The average Bonchev–Trinajstić information content (AvgIpc) is 2.87. The summed E-state index contributed by atoms with van der Waals surface area (Å²) in [5.41, 5.74) is 2.46. The van der Waals surface area contributed by atoms with Crippen LogP contribution in [0, 0.1) is 0 Å². The number of ether oxygens (including phenoxy) is 4. The first-order valence-corrected chi connectivity index (χ1v) is 10.4. The van der Waals surface area contributed by atoms with Gasteiger partial charge in [0.1, 0.15) is 11.5 Å². The minimum absolute atomic E-state index is 0.0499. The van der Waals surface area contributed by atoms with Gasteiger partial charge in [0.25, 0.3) is 0 Å². The molecular weight excluding hydrogens is 434 g/mol. The fourth-order valence-electron chi connectivity index (χ4n) is 3.35. The first kappa shape index (κ1) is 24.3. The third kappa shape index (κ3) is 5.69. The zero-order valence-corrected chi connectivity index (χ0v) is 19.5. The molecule has 7 heteroatoms. The predicted octanol–water partition coefficient (Wildman–Crippen LogP) is 5.25. The summed E-state index contributed by atoms with van der Waals surface area (Å²) < 4.78 is 21.4. The molecule has 0 atom stereocenters. The van der Waals surface area contributed by atoms with Gasteiger partial charge in [0.15, 0.2) is 11.5 Å². The van der Waals surface area contributed by atoms with Crippen LogP contribution in [-0.2, 0) is 4.79 Å². The van der Waals surface area contributed by atoms with Gasteiger partial charge in [0, 0.05) is 17.2 Å². The molecule has 1 amide bonds. The summed E-state index contributed by atoms with van der Waals surface area (Å²) in [6.07, 6.45) is 6.64. The van der Waals surface area contributed by atoms with Crippen molar-refractivity contribution in [2.75, 3.05) is 33.8 Å². The molecule has 3 rings (SSSR count). The Balaban J connectivity index is 1.86. The SMILES string of the molecule is COc1ccccc1/C=C/C(=O)Nc1c(O)cccc1/C=C/c1cc(OC)c(OC)c(OC)c1. The average molecular weight is 462 g/mol. The van der Waals surface area contributed by atoms with E-state index < -0.39 is 5.91 Å². The molecule has 7 nitrogen and oxygen atoms in total. The zero-order chi connectivity index (χ0) is 24.5. The van der Waals surface area contributed by atoms with Crippen LogP contribution in [0.4, 0.5) is 5.69 Å². The molecule has 3 aromatic rings. The van der Waals surface area contributed by atoms with Crippen molar-refractivity contribution in [1.82, 2.24) is 0 Å². The van der Waals surface area contributed by atoms with Gasteiger partial charge in [-0.2, -0.15) is 0 Å². The number of aromatic hydroxyl groups is 1. The molecule has 0 fully saturated rings. The highest BCUT2D eigenvalue weighted by molar-refractivity contribution is 6.04. The number of hydrogen-bond acceptors (Lipinski definition) is 6. The maximum atomic E-state index is 12.6. The minimum atomic E-state index is -0.394. The number of anilines is 1. The number of rotatable bonds is 9. The van der Waals surface area contributed by atoms with Crippen LogP contribution in [0.5, 0.6) is 28.7 Å². The second-order valence-electron chi connectivity index (χ2n) is 7.10. The summed E-state index contributed by atoms with van der Waals surface area (Å²) in [5.74, 6) is 1.75. The molecule has 0 aromatic heterocycles. The fourth-order valence-corrected chi connectivity index (χ4v) is 3.35. The first-order valence-electron chi connectivity index (χ1n) is 10.4. The number of amides is 1. The van der Waals surface area contributed by atoms with Crippen LogP contribution in [-0.4, -0.2) is 39.5 Å². The lowest BCUT2D eigenvalue weighted by atomic mass is 10.1. The Hall–Kier alpha value is -4.39. The number of carbonyl (C=O) groups is 1. The number of phenols is 1. The van der Waals surface area contributed by atoms with Gasteiger partial charge >= 0.3 is 0 Å². The Morgan fingerprint density at radius 2 is 1.41 bits per heavy atom. The molecule has 0 saturated heterocycles. The maximum absolute atomic E-state index is 12.6. The summed E-state index contributed by atoms with van der Waals surface area (Å²) >= 11 is 0. The topological polar surface area (TPSA) is 86.3 Å². The Kier molecular flexibility index (Phi) is 8.18. The molecule has 0 aliphatic carbocycles. The van der Waals surface area contributed by atoms with Crippen LogP contribution in [0.1, 0.15) is 16.7 Å². The smallest absolute Gasteiger partial charge is 0.248 e. The highest BCUT2D eigenvalue weighted by Crippen LogP contribution is 2.39. The van der Waals surface area contributed by atoms with E-state index in [1.807, 2.05) is 30.3 Å². The molecule has 34 heavy (non-hydrogen) atoms. The van der Waals surface area contributed by atoms with E-state index in [2.05, 4.69) is 5.32 Å². The molecule has 0 saturated carbocycles. The van der Waals surface area contributed by atoms with Crippen molar-refractivity contribution in [2.45, 2.75) is 0 Å². The van der Waals surface area contributed by atoms with Gasteiger partial charge in [0.2, 0.25) is 11.7 Å². The number of nitrogens with one attached hydrogen (secondary N) is 1. The summed E-state index contributed by atoms with van der Waals surface area (Å²) in [7, 11) is 6.21. The number of carbonyl (C=O) groups excluding carboxylic acids is 1. The van der Waals surface area contributed by atoms with Crippen LogP contribution >= 0.6 is 0 Å².